The lowest BCUT2D eigenvalue weighted by Crippen LogP contribution is -1.77. The topological polar surface area (TPSA) is 15.8 Å². The first-order valence-corrected chi connectivity index (χ1v) is 11.7. The summed E-state index contributed by atoms with van der Waals surface area (Å²) in [6.45, 7) is 0. The van der Waals surface area contributed by atoms with Gasteiger partial charge in [0.15, 0.2) is 0 Å². The SMILES string of the molecule is c1ccc(-c2ccc3[nH]c4c(ccc5sc6ccc(-c7ccccc7)cc6c54)c3c2)cc1. The zero-order valence-electron chi connectivity index (χ0n) is 17.3. The van der Waals surface area contributed by atoms with Crippen LogP contribution in [0.25, 0.3) is 64.2 Å². The van der Waals surface area contributed by atoms with Crippen molar-refractivity contribution in [3.05, 3.63) is 109 Å². The second-order valence-corrected chi connectivity index (χ2v) is 9.38. The minimum Gasteiger partial charge on any atom is -0.354 e. The molecular formula is C30H19NS. The molecule has 2 heterocycles. The predicted molar refractivity (Wildman–Crippen MR) is 140 cm³/mol. The summed E-state index contributed by atoms with van der Waals surface area (Å²) in [7, 11) is 0. The number of hydrogen-bond donors (Lipinski definition) is 1. The number of H-pyrrole nitrogens is 1. The predicted octanol–water partition coefficient (Wildman–Crippen LogP) is 9.02. The minimum absolute atomic E-state index is 1.19. The molecule has 0 unspecified atom stereocenters. The van der Waals surface area contributed by atoms with Crippen molar-refractivity contribution in [3.63, 3.8) is 0 Å². The van der Waals surface area contributed by atoms with Gasteiger partial charge in [-0.25, -0.2) is 0 Å². The number of nitrogens with one attached hydrogen (secondary N) is 1. The van der Waals surface area contributed by atoms with E-state index in [2.05, 4.69) is 114 Å². The molecule has 0 aliphatic heterocycles. The van der Waals surface area contributed by atoms with Gasteiger partial charge in [-0.2, -0.15) is 0 Å². The van der Waals surface area contributed by atoms with Gasteiger partial charge in [0, 0.05) is 36.5 Å². The fourth-order valence-corrected chi connectivity index (χ4v) is 5.95. The van der Waals surface area contributed by atoms with Gasteiger partial charge in [0.1, 0.15) is 0 Å². The van der Waals surface area contributed by atoms with Gasteiger partial charge < -0.3 is 4.98 Å². The summed E-state index contributed by atoms with van der Waals surface area (Å²) in [5.74, 6) is 0. The highest BCUT2D eigenvalue weighted by molar-refractivity contribution is 7.26. The third-order valence-electron chi connectivity index (χ3n) is 6.42. The van der Waals surface area contributed by atoms with Crippen LogP contribution >= 0.6 is 11.3 Å². The number of benzene rings is 5. The zero-order valence-corrected chi connectivity index (χ0v) is 18.1. The summed E-state index contributed by atoms with van der Waals surface area (Å²) in [6.07, 6.45) is 0. The lowest BCUT2D eigenvalue weighted by atomic mass is 10.0. The van der Waals surface area contributed by atoms with Crippen LogP contribution in [0.15, 0.2) is 109 Å². The molecule has 0 aliphatic rings. The highest BCUT2D eigenvalue weighted by Crippen LogP contribution is 2.42. The number of rotatable bonds is 2. The van der Waals surface area contributed by atoms with Crippen LogP contribution in [0.5, 0.6) is 0 Å². The monoisotopic (exact) mass is 425 g/mol. The number of thiophene rings is 1. The molecule has 0 bridgehead atoms. The van der Waals surface area contributed by atoms with Gasteiger partial charge in [-0.3, -0.25) is 0 Å². The van der Waals surface area contributed by atoms with Gasteiger partial charge in [-0.05, 0) is 52.6 Å². The first-order chi connectivity index (χ1) is 15.8. The van der Waals surface area contributed by atoms with Crippen molar-refractivity contribution >= 4 is 53.3 Å². The van der Waals surface area contributed by atoms with Gasteiger partial charge in [-0.15, -0.1) is 11.3 Å². The maximum atomic E-state index is 3.74. The molecule has 0 saturated carbocycles. The highest BCUT2D eigenvalue weighted by Gasteiger charge is 2.14. The smallest absolute Gasteiger partial charge is 0.0559 e. The molecule has 0 fully saturated rings. The number of hydrogen-bond acceptors (Lipinski definition) is 1. The van der Waals surface area contributed by atoms with E-state index in [-0.39, 0.29) is 0 Å². The molecule has 0 aliphatic carbocycles. The van der Waals surface area contributed by atoms with E-state index in [1.54, 1.807) is 0 Å². The lowest BCUT2D eigenvalue weighted by molar-refractivity contribution is 1.56. The quantitative estimate of drug-likeness (QED) is 0.284. The van der Waals surface area contributed by atoms with E-state index in [9.17, 15) is 0 Å². The Bertz CT molecular complexity index is 1760. The normalized spacial score (nSPS) is 11.8. The first kappa shape index (κ1) is 17.8. The Morgan fingerprint density at radius 2 is 1.09 bits per heavy atom. The second-order valence-electron chi connectivity index (χ2n) is 8.29. The molecule has 5 aromatic carbocycles. The molecule has 2 heteroatoms. The van der Waals surface area contributed by atoms with Crippen LogP contribution in [0.1, 0.15) is 0 Å². The Hall–Kier alpha value is -3.88. The molecular weight excluding hydrogens is 406 g/mol. The lowest BCUT2D eigenvalue weighted by Gasteiger charge is -2.02. The Morgan fingerprint density at radius 3 is 1.81 bits per heavy atom. The van der Waals surface area contributed by atoms with Gasteiger partial charge in [0.05, 0.1) is 5.52 Å². The first-order valence-electron chi connectivity index (χ1n) is 10.9. The van der Waals surface area contributed by atoms with Crippen molar-refractivity contribution in [2.24, 2.45) is 0 Å². The average Bonchev–Trinajstić information content (AvgIpc) is 3.42. The fraction of sp³-hybridized carbons (Fsp3) is 0. The summed E-state index contributed by atoms with van der Waals surface area (Å²) in [5, 5.41) is 5.22. The van der Waals surface area contributed by atoms with Gasteiger partial charge >= 0.3 is 0 Å². The maximum absolute atomic E-state index is 3.74. The van der Waals surface area contributed by atoms with Crippen molar-refractivity contribution in [3.8, 4) is 22.3 Å². The van der Waals surface area contributed by atoms with Crippen LogP contribution in [0.4, 0.5) is 0 Å². The standard InChI is InChI=1S/C30H19NS/c1-3-7-19(8-4-1)21-11-14-26-24(17-21)23-13-16-28-29(30(23)31-26)25-18-22(12-15-27(25)32-28)20-9-5-2-6-10-20/h1-18,31H. The number of fused-ring (bicyclic) bond motifs is 7. The molecule has 1 nitrogen and oxygen atoms in total. The number of aromatic nitrogens is 1. The molecule has 7 aromatic rings. The van der Waals surface area contributed by atoms with E-state index in [0.717, 1.165) is 0 Å². The molecule has 32 heavy (non-hydrogen) atoms. The molecule has 7 rings (SSSR count). The Balaban J connectivity index is 1.52. The van der Waals surface area contributed by atoms with E-state index in [1.165, 1.54) is 64.2 Å². The fourth-order valence-electron chi connectivity index (χ4n) is 4.85. The van der Waals surface area contributed by atoms with Gasteiger partial charge in [0.25, 0.3) is 0 Å². The molecule has 2 aromatic heterocycles. The minimum atomic E-state index is 1.19. The van der Waals surface area contributed by atoms with Crippen LogP contribution < -0.4 is 0 Å². The highest BCUT2D eigenvalue weighted by atomic mass is 32.1. The largest absolute Gasteiger partial charge is 0.354 e. The average molecular weight is 426 g/mol. The van der Waals surface area contributed by atoms with Gasteiger partial charge in [-0.1, -0.05) is 78.9 Å². The van der Waals surface area contributed by atoms with Crippen molar-refractivity contribution < 1.29 is 0 Å². The van der Waals surface area contributed by atoms with Crippen molar-refractivity contribution in [2.45, 2.75) is 0 Å². The van der Waals surface area contributed by atoms with E-state index in [0.29, 0.717) is 0 Å². The van der Waals surface area contributed by atoms with Crippen molar-refractivity contribution in [1.82, 2.24) is 4.98 Å². The molecule has 0 atom stereocenters. The molecule has 1 N–H and O–H groups in total. The van der Waals surface area contributed by atoms with E-state index in [4.69, 9.17) is 0 Å². The number of aromatic amines is 1. The summed E-state index contributed by atoms with van der Waals surface area (Å²) in [6, 6.07) is 39.4. The second kappa shape index (κ2) is 6.81. The Morgan fingerprint density at radius 1 is 0.469 bits per heavy atom. The maximum Gasteiger partial charge on any atom is 0.0559 e. The Kier molecular flexibility index (Phi) is 3.78. The van der Waals surface area contributed by atoms with Crippen molar-refractivity contribution in [2.75, 3.05) is 0 Å². The zero-order chi connectivity index (χ0) is 21.1. The third-order valence-corrected chi connectivity index (χ3v) is 7.56. The summed E-state index contributed by atoms with van der Waals surface area (Å²) >= 11 is 1.87. The van der Waals surface area contributed by atoms with E-state index >= 15 is 0 Å². The molecule has 0 saturated heterocycles. The van der Waals surface area contributed by atoms with Gasteiger partial charge in [0.2, 0.25) is 0 Å². The summed E-state index contributed by atoms with van der Waals surface area (Å²) in [5.41, 5.74) is 7.44. The molecule has 0 amide bonds. The third kappa shape index (κ3) is 2.63. The van der Waals surface area contributed by atoms with Crippen molar-refractivity contribution in [1.29, 1.82) is 0 Å². The van der Waals surface area contributed by atoms with E-state index < -0.39 is 0 Å². The summed E-state index contributed by atoms with van der Waals surface area (Å²) < 4.78 is 2.66. The summed E-state index contributed by atoms with van der Waals surface area (Å²) in [4.78, 5) is 3.74. The van der Waals surface area contributed by atoms with E-state index in [1.807, 2.05) is 11.3 Å². The molecule has 0 radical (unpaired) electrons. The molecule has 0 spiro atoms. The Labute approximate surface area is 189 Å². The van der Waals surface area contributed by atoms with Crippen LogP contribution in [0, 0.1) is 0 Å². The van der Waals surface area contributed by atoms with Crippen LogP contribution in [-0.2, 0) is 0 Å². The molecule has 150 valence electrons. The van der Waals surface area contributed by atoms with Crippen LogP contribution in [0.2, 0.25) is 0 Å². The van der Waals surface area contributed by atoms with Crippen LogP contribution in [-0.4, -0.2) is 4.98 Å². The van der Waals surface area contributed by atoms with Crippen LogP contribution in [0.3, 0.4) is 0 Å².